The maximum Gasteiger partial charge on any atom is 0.183 e. The highest BCUT2D eigenvalue weighted by atomic mass is 79.9. The molecule has 13 heavy (non-hydrogen) atoms. The van der Waals surface area contributed by atoms with E-state index in [1.54, 1.807) is 18.1 Å². The Bertz CT molecular complexity index is 253. The number of rotatable bonds is 4. The molecule has 1 aliphatic carbocycles. The highest BCUT2D eigenvalue weighted by Gasteiger charge is 2.35. The van der Waals surface area contributed by atoms with Gasteiger partial charge in [0.05, 0.1) is 0 Å². The summed E-state index contributed by atoms with van der Waals surface area (Å²) in [6, 6.07) is 0. The molecule has 0 saturated heterocycles. The third-order valence-electron chi connectivity index (χ3n) is 2.61. The molecule has 5 heteroatoms. The normalized spacial score (nSPS) is 19.8. The van der Waals surface area contributed by atoms with Crippen molar-refractivity contribution in [3.8, 4) is 0 Å². The van der Waals surface area contributed by atoms with E-state index in [9.17, 15) is 0 Å². The average Bonchev–Trinajstić information content (AvgIpc) is 2.56. The van der Waals surface area contributed by atoms with E-state index in [4.69, 9.17) is 0 Å². The van der Waals surface area contributed by atoms with Gasteiger partial charge in [-0.15, -0.1) is 0 Å². The molecule has 1 heterocycles. The van der Waals surface area contributed by atoms with E-state index in [0.717, 1.165) is 16.2 Å². The van der Waals surface area contributed by atoms with E-state index < -0.39 is 0 Å². The molecule has 0 amide bonds. The van der Waals surface area contributed by atoms with Crippen LogP contribution in [0.2, 0.25) is 0 Å². The first kappa shape index (κ1) is 9.52. The number of thioether (sulfide) groups is 1. The Balaban J connectivity index is 1.84. The van der Waals surface area contributed by atoms with Crippen molar-refractivity contribution in [2.45, 2.75) is 24.4 Å². The molecule has 0 aliphatic heterocycles. The van der Waals surface area contributed by atoms with Gasteiger partial charge in [-0.3, -0.25) is 5.10 Å². The van der Waals surface area contributed by atoms with E-state index >= 15 is 0 Å². The molecule has 1 aromatic rings. The van der Waals surface area contributed by atoms with Crippen molar-refractivity contribution in [3.05, 3.63) is 6.33 Å². The maximum absolute atomic E-state index is 4.09. The number of halogens is 1. The highest BCUT2D eigenvalue weighted by Crippen LogP contribution is 2.45. The quantitative estimate of drug-likeness (QED) is 0.669. The molecule has 0 spiro atoms. The van der Waals surface area contributed by atoms with Crippen LogP contribution in [0, 0.1) is 5.41 Å². The molecule has 0 unspecified atom stereocenters. The zero-order chi connectivity index (χ0) is 9.15. The molecule has 3 nitrogen and oxygen atoms in total. The first-order valence-electron chi connectivity index (χ1n) is 4.39. The minimum absolute atomic E-state index is 0.525. The zero-order valence-electron chi connectivity index (χ0n) is 7.29. The van der Waals surface area contributed by atoms with E-state index in [0.29, 0.717) is 5.41 Å². The fourth-order valence-electron chi connectivity index (χ4n) is 1.48. The van der Waals surface area contributed by atoms with Gasteiger partial charge in [-0.25, -0.2) is 4.98 Å². The fraction of sp³-hybridized carbons (Fsp3) is 0.750. The Labute approximate surface area is 90.2 Å². The standard InChI is InChI=1S/C8H12BrN3S/c9-4-8(2-1-3-8)5-13-7-10-6-11-12-7/h6H,1-5H2,(H,10,11,12). The number of hydrogen-bond acceptors (Lipinski definition) is 3. The second kappa shape index (κ2) is 4.00. The summed E-state index contributed by atoms with van der Waals surface area (Å²) in [7, 11) is 0. The van der Waals surface area contributed by atoms with Crippen molar-refractivity contribution >= 4 is 27.7 Å². The summed E-state index contributed by atoms with van der Waals surface area (Å²) in [4.78, 5) is 4.09. The van der Waals surface area contributed by atoms with Crippen LogP contribution in [0.25, 0.3) is 0 Å². The van der Waals surface area contributed by atoms with Crippen LogP contribution in [0.15, 0.2) is 11.5 Å². The molecule has 1 saturated carbocycles. The summed E-state index contributed by atoms with van der Waals surface area (Å²) in [5.74, 6) is 1.15. The van der Waals surface area contributed by atoms with Crippen LogP contribution in [-0.4, -0.2) is 26.3 Å². The Morgan fingerprint density at radius 2 is 2.46 bits per heavy atom. The number of nitrogens with one attached hydrogen (secondary N) is 1. The number of aromatic amines is 1. The molecule has 1 aliphatic rings. The first-order valence-corrected chi connectivity index (χ1v) is 6.49. The second-order valence-electron chi connectivity index (χ2n) is 3.57. The van der Waals surface area contributed by atoms with Gasteiger partial charge in [0, 0.05) is 11.1 Å². The summed E-state index contributed by atoms with van der Waals surface area (Å²) < 4.78 is 0. The van der Waals surface area contributed by atoms with Crippen molar-refractivity contribution in [2.24, 2.45) is 5.41 Å². The molecule has 2 rings (SSSR count). The van der Waals surface area contributed by atoms with Crippen LogP contribution in [0.5, 0.6) is 0 Å². The van der Waals surface area contributed by atoms with E-state index in [2.05, 4.69) is 31.1 Å². The van der Waals surface area contributed by atoms with E-state index in [-0.39, 0.29) is 0 Å². The molecule has 1 fully saturated rings. The summed E-state index contributed by atoms with van der Waals surface area (Å²) in [5.41, 5.74) is 0.525. The summed E-state index contributed by atoms with van der Waals surface area (Å²) in [6.07, 6.45) is 5.63. The molecule has 0 bridgehead atoms. The third kappa shape index (κ3) is 2.07. The van der Waals surface area contributed by atoms with Gasteiger partial charge in [-0.05, 0) is 18.3 Å². The minimum Gasteiger partial charge on any atom is -0.254 e. The van der Waals surface area contributed by atoms with Crippen LogP contribution < -0.4 is 0 Å². The smallest absolute Gasteiger partial charge is 0.183 e. The average molecular weight is 262 g/mol. The Morgan fingerprint density at radius 3 is 2.92 bits per heavy atom. The van der Waals surface area contributed by atoms with Crippen LogP contribution in [0.1, 0.15) is 19.3 Å². The Kier molecular flexibility index (Phi) is 2.93. The lowest BCUT2D eigenvalue weighted by Crippen LogP contribution is -2.33. The van der Waals surface area contributed by atoms with Gasteiger partial charge in [0.15, 0.2) is 5.16 Å². The summed E-state index contributed by atoms with van der Waals surface area (Å²) in [5, 5.41) is 8.74. The maximum atomic E-state index is 4.09. The number of nitrogens with zero attached hydrogens (tertiary/aromatic N) is 2. The lowest BCUT2D eigenvalue weighted by Gasteiger charge is -2.39. The fourth-order valence-corrected chi connectivity index (χ4v) is 3.57. The second-order valence-corrected chi connectivity index (χ2v) is 5.09. The summed E-state index contributed by atoms with van der Waals surface area (Å²) >= 11 is 5.36. The summed E-state index contributed by atoms with van der Waals surface area (Å²) in [6.45, 7) is 0. The molecule has 0 atom stereocenters. The highest BCUT2D eigenvalue weighted by molar-refractivity contribution is 9.09. The molecular weight excluding hydrogens is 250 g/mol. The predicted molar refractivity (Wildman–Crippen MR) is 57.2 cm³/mol. The van der Waals surface area contributed by atoms with E-state index in [1.807, 2.05) is 0 Å². The van der Waals surface area contributed by atoms with Crippen LogP contribution in [-0.2, 0) is 0 Å². The number of aromatic nitrogens is 3. The molecule has 72 valence electrons. The Hall–Kier alpha value is -0.0300. The SMILES string of the molecule is BrCC1(CSc2ncn[nH]2)CCC1. The first-order chi connectivity index (χ1) is 6.35. The largest absolute Gasteiger partial charge is 0.254 e. The van der Waals surface area contributed by atoms with Crippen molar-refractivity contribution < 1.29 is 0 Å². The Morgan fingerprint density at radius 1 is 1.62 bits per heavy atom. The van der Waals surface area contributed by atoms with Crippen molar-refractivity contribution in [1.82, 2.24) is 15.2 Å². The van der Waals surface area contributed by atoms with Gasteiger partial charge in [0.25, 0.3) is 0 Å². The van der Waals surface area contributed by atoms with Gasteiger partial charge in [-0.2, -0.15) is 5.10 Å². The lowest BCUT2D eigenvalue weighted by atomic mass is 9.72. The number of alkyl halides is 1. The molecule has 1 aromatic heterocycles. The van der Waals surface area contributed by atoms with Crippen molar-refractivity contribution in [1.29, 1.82) is 0 Å². The van der Waals surface area contributed by atoms with Crippen molar-refractivity contribution in [3.63, 3.8) is 0 Å². The van der Waals surface area contributed by atoms with Gasteiger partial charge in [-0.1, -0.05) is 34.1 Å². The van der Waals surface area contributed by atoms with Crippen LogP contribution in [0.4, 0.5) is 0 Å². The topological polar surface area (TPSA) is 41.6 Å². The van der Waals surface area contributed by atoms with Gasteiger partial charge in [0.2, 0.25) is 0 Å². The number of H-pyrrole nitrogens is 1. The lowest BCUT2D eigenvalue weighted by molar-refractivity contribution is 0.206. The van der Waals surface area contributed by atoms with Crippen molar-refractivity contribution in [2.75, 3.05) is 11.1 Å². The van der Waals surface area contributed by atoms with Crippen LogP contribution >= 0.6 is 27.7 Å². The molecule has 0 aromatic carbocycles. The third-order valence-corrected chi connectivity index (χ3v) is 5.02. The molecular formula is C8H12BrN3S. The van der Waals surface area contributed by atoms with Gasteiger partial charge < -0.3 is 0 Å². The van der Waals surface area contributed by atoms with E-state index in [1.165, 1.54) is 19.3 Å². The predicted octanol–water partition coefficient (Wildman–Crippen LogP) is 2.46. The minimum atomic E-state index is 0.525. The van der Waals surface area contributed by atoms with Crippen LogP contribution in [0.3, 0.4) is 0 Å². The monoisotopic (exact) mass is 261 g/mol. The number of hydrogen-bond donors (Lipinski definition) is 1. The molecule has 1 N–H and O–H groups in total. The van der Waals surface area contributed by atoms with Gasteiger partial charge in [0.1, 0.15) is 6.33 Å². The molecule has 0 radical (unpaired) electrons. The van der Waals surface area contributed by atoms with Gasteiger partial charge >= 0.3 is 0 Å². The zero-order valence-corrected chi connectivity index (χ0v) is 9.70.